The molecule has 0 heterocycles. The summed E-state index contributed by atoms with van der Waals surface area (Å²) in [6, 6.07) is 21.7. The van der Waals surface area contributed by atoms with Crippen molar-refractivity contribution in [1.82, 2.24) is 5.32 Å². The van der Waals surface area contributed by atoms with Crippen molar-refractivity contribution in [2.45, 2.75) is 6.92 Å². The fraction of sp³-hybridized carbons (Fsp3) is 0.111. The Balaban J connectivity index is 1.43. The molecule has 0 radical (unpaired) electrons. The van der Waals surface area contributed by atoms with Crippen molar-refractivity contribution in [3.8, 4) is 17.2 Å². The van der Waals surface area contributed by atoms with Gasteiger partial charge in [0.25, 0.3) is 5.91 Å². The number of hydrogen-bond donors (Lipinski definition) is 2. The van der Waals surface area contributed by atoms with Gasteiger partial charge in [-0.1, -0.05) is 30.3 Å². The monoisotopic (exact) mass is 458 g/mol. The van der Waals surface area contributed by atoms with Gasteiger partial charge in [-0.3, -0.25) is 9.59 Å². The highest BCUT2D eigenvalue weighted by Crippen LogP contribution is 2.32. The molecule has 0 fully saturated rings. The van der Waals surface area contributed by atoms with Crippen LogP contribution in [0, 0.1) is 12.7 Å². The van der Waals surface area contributed by atoms with Gasteiger partial charge >= 0.3 is 0 Å². The summed E-state index contributed by atoms with van der Waals surface area (Å²) in [6.45, 7) is 1.68. The van der Waals surface area contributed by atoms with E-state index in [1.165, 1.54) is 12.1 Å². The number of ether oxygens (including phenoxy) is 2. The molecule has 7 heteroatoms. The number of methoxy groups -OCH3 is 1. The van der Waals surface area contributed by atoms with Gasteiger partial charge in [0, 0.05) is 11.6 Å². The average Bonchev–Trinajstić information content (AvgIpc) is 2.82. The van der Waals surface area contributed by atoms with Crippen molar-refractivity contribution < 1.29 is 23.5 Å². The van der Waals surface area contributed by atoms with Crippen LogP contribution in [0.4, 0.5) is 10.1 Å². The second-order valence-electron chi connectivity index (χ2n) is 7.69. The van der Waals surface area contributed by atoms with Crippen LogP contribution in [0.25, 0.3) is 10.8 Å². The van der Waals surface area contributed by atoms with Crippen LogP contribution >= 0.6 is 0 Å². The molecule has 6 nitrogen and oxygen atoms in total. The number of benzene rings is 4. The lowest BCUT2D eigenvalue weighted by atomic mass is 10.0. The van der Waals surface area contributed by atoms with E-state index in [1.807, 2.05) is 19.1 Å². The number of halogens is 1. The normalized spacial score (nSPS) is 10.6. The van der Waals surface area contributed by atoms with E-state index in [9.17, 15) is 14.0 Å². The molecule has 0 bridgehead atoms. The first-order valence-corrected chi connectivity index (χ1v) is 10.6. The summed E-state index contributed by atoms with van der Waals surface area (Å²) >= 11 is 0. The highest BCUT2D eigenvalue weighted by atomic mass is 19.1. The van der Waals surface area contributed by atoms with Crippen molar-refractivity contribution in [3.05, 3.63) is 95.8 Å². The standard InChI is InChI=1S/C27H23FN2O4/c1-17-12-20(33-2)15-21(13-17)34-25-9-4-3-8-24(25)30-26(31)16-29-27(32)23-7-5-6-18-14-19(28)10-11-22(18)23/h3-15H,16H2,1-2H3,(H,29,32)(H,30,31). The first-order chi connectivity index (χ1) is 16.4. The minimum Gasteiger partial charge on any atom is -0.497 e. The second-order valence-corrected chi connectivity index (χ2v) is 7.69. The fourth-order valence-corrected chi connectivity index (χ4v) is 3.58. The van der Waals surface area contributed by atoms with Gasteiger partial charge in [0.2, 0.25) is 5.91 Å². The average molecular weight is 458 g/mol. The molecular weight excluding hydrogens is 435 g/mol. The number of fused-ring (bicyclic) bond motifs is 1. The summed E-state index contributed by atoms with van der Waals surface area (Å²) in [6.07, 6.45) is 0. The Labute approximate surface area is 196 Å². The number of rotatable bonds is 7. The third kappa shape index (κ3) is 5.32. The quantitative estimate of drug-likeness (QED) is 0.386. The molecule has 0 aliphatic heterocycles. The minimum atomic E-state index is -0.427. The maximum Gasteiger partial charge on any atom is 0.252 e. The molecule has 0 atom stereocenters. The Kier molecular flexibility index (Phi) is 6.73. The van der Waals surface area contributed by atoms with Crippen molar-refractivity contribution >= 4 is 28.3 Å². The number of aryl methyl sites for hydroxylation is 1. The maximum atomic E-state index is 13.5. The molecule has 4 rings (SSSR count). The van der Waals surface area contributed by atoms with Crippen LogP contribution in [0.3, 0.4) is 0 Å². The van der Waals surface area contributed by atoms with Gasteiger partial charge in [-0.05, 0) is 65.7 Å². The van der Waals surface area contributed by atoms with E-state index >= 15 is 0 Å². The van der Waals surface area contributed by atoms with E-state index in [-0.39, 0.29) is 12.4 Å². The Morgan fingerprint density at radius 1 is 0.912 bits per heavy atom. The zero-order valence-electron chi connectivity index (χ0n) is 18.7. The van der Waals surface area contributed by atoms with Crippen molar-refractivity contribution in [3.63, 3.8) is 0 Å². The molecule has 0 saturated carbocycles. The van der Waals surface area contributed by atoms with E-state index in [0.717, 1.165) is 5.56 Å². The molecular formula is C27H23FN2O4. The summed E-state index contributed by atoms with van der Waals surface area (Å²) in [5, 5.41) is 6.59. The smallest absolute Gasteiger partial charge is 0.252 e. The van der Waals surface area contributed by atoms with Gasteiger partial charge in [0.15, 0.2) is 5.75 Å². The molecule has 0 aliphatic rings. The predicted molar refractivity (Wildman–Crippen MR) is 129 cm³/mol. The molecule has 0 aromatic heterocycles. The van der Waals surface area contributed by atoms with E-state index in [0.29, 0.717) is 39.3 Å². The van der Waals surface area contributed by atoms with Crippen LogP contribution in [0.1, 0.15) is 15.9 Å². The van der Waals surface area contributed by atoms with Crippen LogP contribution < -0.4 is 20.1 Å². The summed E-state index contributed by atoms with van der Waals surface area (Å²) in [5.41, 5.74) is 1.79. The summed E-state index contributed by atoms with van der Waals surface area (Å²) in [5.74, 6) is 0.455. The topological polar surface area (TPSA) is 76.7 Å². The molecule has 2 N–H and O–H groups in total. The van der Waals surface area contributed by atoms with Gasteiger partial charge in [-0.25, -0.2) is 4.39 Å². The van der Waals surface area contributed by atoms with Crippen molar-refractivity contribution in [2.75, 3.05) is 19.0 Å². The molecule has 4 aromatic carbocycles. The highest BCUT2D eigenvalue weighted by molar-refractivity contribution is 6.08. The van der Waals surface area contributed by atoms with E-state index in [1.54, 1.807) is 61.7 Å². The fourth-order valence-electron chi connectivity index (χ4n) is 3.58. The third-order valence-corrected chi connectivity index (χ3v) is 5.15. The zero-order chi connectivity index (χ0) is 24.1. The van der Waals surface area contributed by atoms with Gasteiger partial charge < -0.3 is 20.1 Å². The first-order valence-electron chi connectivity index (χ1n) is 10.6. The van der Waals surface area contributed by atoms with Crippen LogP contribution in [0.5, 0.6) is 17.2 Å². The lowest BCUT2D eigenvalue weighted by Crippen LogP contribution is -2.33. The zero-order valence-corrected chi connectivity index (χ0v) is 18.7. The van der Waals surface area contributed by atoms with Crippen molar-refractivity contribution in [1.29, 1.82) is 0 Å². The highest BCUT2D eigenvalue weighted by Gasteiger charge is 2.14. The Hall–Kier alpha value is -4.39. The lowest BCUT2D eigenvalue weighted by Gasteiger charge is -2.14. The molecule has 0 saturated heterocycles. The van der Waals surface area contributed by atoms with E-state index < -0.39 is 11.8 Å². The van der Waals surface area contributed by atoms with Crippen molar-refractivity contribution in [2.24, 2.45) is 0 Å². The molecule has 0 spiro atoms. The van der Waals surface area contributed by atoms with Crippen LogP contribution in [0.15, 0.2) is 78.9 Å². The number of nitrogens with one attached hydrogen (secondary N) is 2. The largest absolute Gasteiger partial charge is 0.497 e. The van der Waals surface area contributed by atoms with Crippen LogP contribution in [0.2, 0.25) is 0 Å². The summed E-state index contributed by atoms with van der Waals surface area (Å²) in [7, 11) is 1.58. The van der Waals surface area contributed by atoms with Gasteiger partial charge in [0.1, 0.15) is 17.3 Å². The summed E-state index contributed by atoms with van der Waals surface area (Å²) in [4.78, 5) is 25.2. The predicted octanol–water partition coefficient (Wildman–Crippen LogP) is 5.46. The number of anilines is 1. The second kappa shape index (κ2) is 10.0. The Morgan fingerprint density at radius 2 is 1.71 bits per heavy atom. The van der Waals surface area contributed by atoms with Crippen LogP contribution in [-0.2, 0) is 4.79 Å². The first kappa shape index (κ1) is 22.8. The number of carbonyl (C=O) groups excluding carboxylic acids is 2. The number of hydrogen-bond acceptors (Lipinski definition) is 4. The molecule has 172 valence electrons. The number of carbonyl (C=O) groups is 2. The Bertz CT molecular complexity index is 1370. The molecule has 34 heavy (non-hydrogen) atoms. The van der Waals surface area contributed by atoms with E-state index in [4.69, 9.17) is 9.47 Å². The Morgan fingerprint density at radius 3 is 2.53 bits per heavy atom. The third-order valence-electron chi connectivity index (χ3n) is 5.15. The molecule has 0 aliphatic carbocycles. The molecule has 2 amide bonds. The van der Waals surface area contributed by atoms with Gasteiger partial charge in [-0.15, -0.1) is 0 Å². The summed E-state index contributed by atoms with van der Waals surface area (Å²) < 4.78 is 24.7. The SMILES string of the molecule is COc1cc(C)cc(Oc2ccccc2NC(=O)CNC(=O)c2cccc3cc(F)ccc23)c1. The minimum absolute atomic E-state index is 0.247. The number of para-hydroxylation sites is 2. The maximum absolute atomic E-state index is 13.5. The van der Waals surface area contributed by atoms with E-state index in [2.05, 4.69) is 10.6 Å². The number of amides is 2. The van der Waals surface area contributed by atoms with Gasteiger partial charge in [-0.2, -0.15) is 0 Å². The van der Waals surface area contributed by atoms with Gasteiger partial charge in [0.05, 0.1) is 19.3 Å². The van der Waals surface area contributed by atoms with Crippen LogP contribution in [-0.4, -0.2) is 25.5 Å². The molecule has 4 aromatic rings. The lowest BCUT2D eigenvalue weighted by molar-refractivity contribution is -0.115. The molecule has 0 unspecified atom stereocenters.